The van der Waals surface area contributed by atoms with Crippen LogP contribution in [0, 0.1) is 5.92 Å². The Morgan fingerprint density at radius 1 is 1.40 bits per heavy atom. The lowest BCUT2D eigenvalue weighted by Gasteiger charge is -2.34. The van der Waals surface area contributed by atoms with Crippen LogP contribution in [0.5, 0.6) is 5.75 Å². The van der Waals surface area contributed by atoms with Crippen molar-refractivity contribution in [3.63, 3.8) is 0 Å². The van der Waals surface area contributed by atoms with Crippen molar-refractivity contribution in [3.8, 4) is 5.75 Å². The molecule has 0 unspecified atom stereocenters. The summed E-state index contributed by atoms with van der Waals surface area (Å²) in [5.74, 6) is 8.16. The van der Waals surface area contributed by atoms with Crippen molar-refractivity contribution in [1.82, 2.24) is 14.9 Å². The number of nitrogens with two attached hydrogens (primary N) is 1. The van der Waals surface area contributed by atoms with E-state index in [9.17, 15) is 0 Å². The average Bonchev–Trinajstić information content (AvgIpc) is 2.46. The Balaban J connectivity index is 2.07. The molecule has 1 aliphatic heterocycles. The van der Waals surface area contributed by atoms with Crippen molar-refractivity contribution in [3.05, 3.63) is 6.33 Å². The molecule has 2 rings (SSSR count). The van der Waals surface area contributed by atoms with Crippen LogP contribution in [-0.4, -0.2) is 55.7 Å². The zero-order valence-electron chi connectivity index (χ0n) is 12.5. The first-order valence-corrected chi connectivity index (χ1v) is 6.91. The zero-order chi connectivity index (χ0) is 14.5. The molecule has 2 heterocycles. The van der Waals surface area contributed by atoms with Gasteiger partial charge in [0, 0.05) is 19.6 Å². The van der Waals surface area contributed by atoms with Crippen molar-refractivity contribution >= 4 is 11.6 Å². The van der Waals surface area contributed by atoms with E-state index in [4.69, 9.17) is 10.6 Å². The minimum absolute atomic E-state index is 0.521. The lowest BCUT2D eigenvalue weighted by atomic mass is 9.96. The van der Waals surface area contributed by atoms with E-state index < -0.39 is 0 Å². The molecule has 0 saturated carbocycles. The Morgan fingerprint density at radius 3 is 2.65 bits per heavy atom. The molecule has 0 atom stereocenters. The first kappa shape index (κ1) is 14.8. The normalized spacial score (nSPS) is 16.6. The van der Waals surface area contributed by atoms with Crippen LogP contribution in [0.4, 0.5) is 11.6 Å². The van der Waals surface area contributed by atoms with Crippen LogP contribution >= 0.6 is 0 Å². The highest BCUT2D eigenvalue weighted by Gasteiger charge is 2.24. The topological polar surface area (TPSA) is 79.5 Å². The van der Waals surface area contributed by atoms with E-state index in [1.807, 2.05) is 0 Å². The summed E-state index contributed by atoms with van der Waals surface area (Å²) in [6, 6.07) is 0. The highest BCUT2D eigenvalue weighted by Crippen LogP contribution is 2.33. The molecule has 0 radical (unpaired) electrons. The summed E-state index contributed by atoms with van der Waals surface area (Å²) in [7, 11) is 5.86. The van der Waals surface area contributed by atoms with E-state index in [1.54, 1.807) is 7.11 Å². The van der Waals surface area contributed by atoms with Crippen molar-refractivity contribution in [2.75, 3.05) is 51.2 Å². The molecule has 112 valence electrons. The summed E-state index contributed by atoms with van der Waals surface area (Å²) in [5.41, 5.74) is 2.55. The molecule has 7 nitrogen and oxygen atoms in total. The van der Waals surface area contributed by atoms with Gasteiger partial charge in [0.05, 0.1) is 7.11 Å². The Labute approximate surface area is 120 Å². The van der Waals surface area contributed by atoms with Crippen molar-refractivity contribution in [2.45, 2.75) is 12.8 Å². The maximum absolute atomic E-state index is 5.46. The van der Waals surface area contributed by atoms with Crippen LogP contribution in [0.3, 0.4) is 0 Å². The minimum atomic E-state index is 0.521. The van der Waals surface area contributed by atoms with Crippen LogP contribution in [0.15, 0.2) is 6.33 Å². The molecule has 20 heavy (non-hydrogen) atoms. The number of anilines is 2. The quantitative estimate of drug-likeness (QED) is 0.602. The summed E-state index contributed by atoms with van der Waals surface area (Å²) < 4.78 is 5.39. The third-order valence-electron chi connectivity index (χ3n) is 3.66. The summed E-state index contributed by atoms with van der Waals surface area (Å²) in [5, 5.41) is 0. The van der Waals surface area contributed by atoms with Crippen LogP contribution < -0.4 is 20.9 Å². The van der Waals surface area contributed by atoms with E-state index in [0.717, 1.165) is 44.2 Å². The summed E-state index contributed by atoms with van der Waals surface area (Å²) in [6.45, 7) is 3.11. The summed E-state index contributed by atoms with van der Waals surface area (Å²) in [6.07, 6.45) is 3.84. The van der Waals surface area contributed by atoms with Gasteiger partial charge in [-0.2, -0.15) is 0 Å². The summed E-state index contributed by atoms with van der Waals surface area (Å²) >= 11 is 0. The molecule has 1 aromatic rings. The molecule has 0 aliphatic carbocycles. The van der Waals surface area contributed by atoms with Gasteiger partial charge in [-0.15, -0.1) is 0 Å². The van der Waals surface area contributed by atoms with Crippen molar-refractivity contribution in [2.24, 2.45) is 11.8 Å². The second-order valence-electron chi connectivity index (χ2n) is 5.42. The Bertz CT molecular complexity index is 431. The molecule has 0 spiro atoms. The monoisotopic (exact) mass is 280 g/mol. The molecule has 1 aromatic heterocycles. The lowest BCUT2D eigenvalue weighted by molar-refractivity contribution is 0.284. The Hall–Kier alpha value is -1.60. The van der Waals surface area contributed by atoms with Gasteiger partial charge in [0.15, 0.2) is 11.6 Å². The fourth-order valence-electron chi connectivity index (χ4n) is 2.72. The van der Waals surface area contributed by atoms with Crippen molar-refractivity contribution in [1.29, 1.82) is 0 Å². The number of nitrogen functional groups attached to an aromatic ring is 1. The summed E-state index contributed by atoms with van der Waals surface area (Å²) in [4.78, 5) is 12.9. The first-order chi connectivity index (χ1) is 9.65. The third-order valence-corrected chi connectivity index (χ3v) is 3.66. The molecular formula is C13H24N6O. The Kier molecular flexibility index (Phi) is 4.97. The largest absolute Gasteiger partial charge is 0.490 e. The van der Waals surface area contributed by atoms with Crippen LogP contribution in [0.2, 0.25) is 0 Å². The van der Waals surface area contributed by atoms with Crippen LogP contribution in [0.1, 0.15) is 12.8 Å². The van der Waals surface area contributed by atoms with Gasteiger partial charge in [0.25, 0.3) is 0 Å². The number of nitrogens with one attached hydrogen (secondary N) is 1. The lowest BCUT2D eigenvalue weighted by Crippen LogP contribution is -2.37. The number of methoxy groups -OCH3 is 1. The fraction of sp³-hybridized carbons (Fsp3) is 0.692. The number of hydrogen-bond donors (Lipinski definition) is 2. The zero-order valence-corrected chi connectivity index (χ0v) is 12.5. The van der Waals surface area contributed by atoms with Gasteiger partial charge in [-0.25, -0.2) is 15.8 Å². The molecule has 1 fully saturated rings. The third kappa shape index (κ3) is 3.29. The fourth-order valence-corrected chi connectivity index (χ4v) is 2.72. The van der Waals surface area contributed by atoms with Gasteiger partial charge in [-0.05, 0) is 32.9 Å². The molecule has 0 bridgehead atoms. The van der Waals surface area contributed by atoms with E-state index >= 15 is 0 Å². The molecule has 0 amide bonds. The van der Waals surface area contributed by atoms with E-state index in [1.165, 1.54) is 6.33 Å². The molecular weight excluding hydrogens is 256 g/mol. The van der Waals surface area contributed by atoms with Crippen LogP contribution in [-0.2, 0) is 0 Å². The standard InChI is InChI=1S/C13H24N6O/c1-18(2)8-10-4-6-19(7-5-10)13-11(20-3)12(17-14)15-9-16-13/h9-10H,4-8,14H2,1-3H3,(H,15,16,17). The predicted molar refractivity (Wildman–Crippen MR) is 79.9 cm³/mol. The molecule has 3 N–H and O–H groups in total. The number of rotatable bonds is 5. The van der Waals surface area contributed by atoms with Gasteiger partial charge >= 0.3 is 0 Å². The van der Waals surface area contributed by atoms with E-state index in [-0.39, 0.29) is 0 Å². The SMILES string of the molecule is COc1c(NN)ncnc1N1CCC(CN(C)C)CC1. The van der Waals surface area contributed by atoms with Gasteiger partial charge in [0.1, 0.15) is 6.33 Å². The minimum Gasteiger partial charge on any atom is -0.490 e. The molecule has 1 aliphatic rings. The number of piperidine rings is 1. The number of nitrogens with zero attached hydrogens (tertiary/aromatic N) is 4. The number of hydrogen-bond acceptors (Lipinski definition) is 7. The predicted octanol–water partition coefficient (Wildman–Crippen LogP) is 0.549. The Morgan fingerprint density at radius 2 is 2.10 bits per heavy atom. The van der Waals surface area contributed by atoms with Gasteiger partial charge < -0.3 is 20.0 Å². The first-order valence-electron chi connectivity index (χ1n) is 6.91. The smallest absolute Gasteiger partial charge is 0.205 e. The maximum atomic E-state index is 5.46. The van der Waals surface area contributed by atoms with Gasteiger partial charge in [-0.3, -0.25) is 0 Å². The number of ether oxygens (including phenoxy) is 1. The van der Waals surface area contributed by atoms with Gasteiger partial charge in [0.2, 0.25) is 5.75 Å². The second kappa shape index (κ2) is 6.71. The van der Waals surface area contributed by atoms with E-state index in [2.05, 4.69) is 39.3 Å². The van der Waals surface area contributed by atoms with Gasteiger partial charge in [-0.1, -0.05) is 0 Å². The van der Waals surface area contributed by atoms with Crippen molar-refractivity contribution < 1.29 is 4.74 Å². The second-order valence-corrected chi connectivity index (χ2v) is 5.42. The maximum Gasteiger partial charge on any atom is 0.205 e. The highest BCUT2D eigenvalue weighted by atomic mass is 16.5. The molecule has 1 saturated heterocycles. The molecule has 7 heteroatoms. The number of hydrazine groups is 1. The van der Waals surface area contributed by atoms with Crippen LogP contribution in [0.25, 0.3) is 0 Å². The average molecular weight is 280 g/mol. The molecule has 0 aromatic carbocycles. The highest BCUT2D eigenvalue weighted by molar-refractivity contribution is 5.64. The van der Waals surface area contributed by atoms with E-state index in [0.29, 0.717) is 11.6 Å². The number of aromatic nitrogens is 2.